The molecule has 2 unspecified atom stereocenters. The fraction of sp³-hybridized carbons (Fsp3) is 0.267. The van der Waals surface area contributed by atoms with Crippen LogP contribution in [0.25, 0.3) is 22.5 Å². The lowest BCUT2D eigenvalue weighted by atomic mass is 10.0. The van der Waals surface area contributed by atoms with Gasteiger partial charge in [-0.3, -0.25) is 9.59 Å². The van der Waals surface area contributed by atoms with Crippen molar-refractivity contribution in [3.8, 4) is 22.5 Å². The number of nitrogens with zero attached hydrogens (tertiary/aromatic N) is 4. The highest BCUT2D eigenvalue weighted by atomic mass is 16.6. The summed E-state index contributed by atoms with van der Waals surface area (Å²) in [7, 11) is 0. The van der Waals surface area contributed by atoms with Crippen LogP contribution in [-0.4, -0.2) is 49.6 Å². The van der Waals surface area contributed by atoms with Crippen LogP contribution < -0.4 is 5.73 Å². The SMILES string of the molecule is CC(C)(C)OC(=O)CC(N)C(=O)C(C(=O)OCc1ccccc1)n1nnnc1-c1ccc(-c2ccccc2)cc1. The molecule has 0 spiro atoms. The fourth-order valence-corrected chi connectivity index (χ4v) is 4.01. The maximum atomic E-state index is 13.6. The van der Waals surface area contributed by atoms with Crippen molar-refractivity contribution in [2.75, 3.05) is 0 Å². The van der Waals surface area contributed by atoms with E-state index in [9.17, 15) is 14.4 Å². The number of esters is 2. The Morgan fingerprint density at radius 2 is 1.43 bits per heavy atom. The molecule has 0 fully saturated rings. The van der Waals surface area contributed by atoms with E-state index in [1.165, 1.54) is 0 Å². The smallest absolute Gasteiger partial charge is 0.339 e. The molecule has 4 rings (SSSR count). The molecule has 2 N–H and O–H groups in total. The molecule has 0 aliphatic rings. The lowest BCUT2D eigenvalue weighted by molar-refractivity contribution is -0.158. The van der Waals surface area contributed by atoms with Crippen LogP contribution in [0.2, 0.25) is 0 Å². The largest absolute Gasteiger partial charge is 0.460 e. The number of hydrogen-bond donors (Lipinski definition) is 1. The lowest BCUT2D eigenvalue weighted by Gasteiger charge is -2.22. The monoisotopic (exact) mass is 541 g/mol. The van der Waals surface area contributed by atoms with E-state index in [1.807, 2.05) is 48.5 Å². The predicted molar refractivity (Wildman–Crippen MR) is 147 cm³/mol. The molecule has 0 amide bonds. The molecule has 3 aromatic carbocycles. The van der Waals surface area contributed by atoms with Crippen LogP contribution in [0, 0.1) is 0 Å². The third-order valence-electron chi connectivity index (χ3n) is 5.88. The van der Waals surface area contributed by atoms with Crippen LogP contribution in [-0.2, 0) is 30.5 Å². The first kappa shape index (κ1) is 28.3. The predicted octanol–water partition coefficient (Wildman–Crippen LogP) is 3.92. The van der Waals surface area contributed by atoms with Gasteiger partial charge in [0.2, 0.25) is 6.04 Å². The number of Topliss-reactive ketones (excluding diaryl/α,β-unsaturated/α-hetero) is 1. The molecule has 40 heavy (non-hydrogen) atoms. The van der Waals surface area contributed by atoms with Crippen LogP contribution in [0.5, 0.6) is 0 Å². The first-order valence-electron chi connectivity index (χ1n) is 12.8. The highest BCUT2D eigenvalue weighted by Gasteiger charge is 2.38. The third-order valence-corrected chi connectivity index (χ3v) is 5.88. The zero-order valence-corrected chi connectivity index (χ0v) is 22.6. The van der Waals surface area contributed by atoms with Crippen LogP contribution in [0.1, 0.15) is 38.8 Å². The van der Waals surface area contributed by atoms with Crippen LogP contribution >= 0.6 is 0 Å². The highest BCUT2D eigenvalue weighted by molar-refractivity contribution is 6.05. The summed E-state index contributed by atoms with van der Waals surface area (Å²) >= 11 is 0. The number of rotatable bonds is 10. The lowest BCUT2D eigenvalue weighted by Crippen LogP contribution is -2.43. The normalized spacial score (nSPS) is 12.8. The van der Waals surface area contributed by atoms with Crippen molar-refractivity contribution in [3.05, 3.63) is 90.5 Å². The summed E-state index contributed by atoms with van der Waals surface area (Å²) in [6.45, 7) is 5.04. The molecule has 1 heterocycles. The second-order valence-electron chi connectivity index (χ2n) is 10.2. The van der Waals surface area contributed by atoms with E-state index in [1.54, 1.807) is 57.2 Å². The maximum Gasteiger partial charge on any atom is 0.339 e. The van der Waals surface area contributed by atoms with E-state index >= 15 is 0 Å². The number of carbonyl (C=O) groups is 3. The summed E-state index contributed by atoms with van der Waals surface area (Å²) in [6, 6.07) is 23.2. The number of tetrazole rings is 1. The zero-order chi connectivity index (χ0) is 28.7. The van der Waals surface area contributed by atoms with Crippen LogP contribution in [0.4, 0.5) is 0 Å². The minimum Gasteiger partial charge on any atom is -0.460 e. The van der Waals surface area contributed by atoms with E-state index in [0.29, 0.717) is 5.56 Å². The Kier molecular flexibility index (Phi) is 8.80. The molecule has 10 heteroatoms. The van der Waals surface area contributed by atoms with Crippen molar-refractivity contribution < 1.29 is 23.9 Å². The second-order valence-corrected chi connectivity index (χ2v) is 10.2. The van der Waals surface area contributed by atoms with Gasteiger partial charge < -0.3 is 15.2 Å². The molecule has 0 saturated carbocycles. The van der Waals surface area contributed by atoms with E-state index in [-0.39, 0.29) is 12.4 Å². The van der Waals surface area contributed by atoms with E-state index in [0.717, 1.165) is 21.4 Å². The highest BCUT2D eigenvalue weighted by Crippen LogP contribution is 2.26. The zero-order valence-electron chi connectivity index (χ0n) is 22.6. The number of carbonyl (C=O) groups excluding carboxylic acids is 3. The van der Waals surface area contributed by atoms with Gasteiger partial charge in [-0.25, -0.2) is 9.48 Å². The third kappa shape index (κ3) is 7.23. The number of nitrogens with two attached hydrogens (primary N) is 1. The Labute approximate surface area is 232 Å². The minimum atomic E-state index is -1.63. The number of ether oxygens (including phenoxy) is 2. The number of aromatic nitrogens is 4. The number of hydrogen-bond acceptors (Lipinski definition) is 9. The first-order chi connectivity index (χ1) is 19.1. The Hall–Kier alpha value is -4.70. The van der Waals surface area contributed by atoms with E-state index in [2.05, 4.69) is 15.5 Å². The Balaban J connectivity index is 1.62. The Bertz CT molecular complexity index is 1450. The van der Waals surface area contributed by atoms with Gasteiger partial charge >= 0.3 is 11.9 Å². The average molecular weight is 542 g/mol. The van der Waals surface area contributed by atoms with Crippen LogP contribution in [0.3, 0.4) is 0 Å². The van der Waals surface area contributed by atoms with Gasteiger partial charge in [0, 0.05) is 5.56 Å². The molecule has 206 valence electrons. The van der Waals surface area contributed by atoms with E-state index in [4.69, 9.17) is 15.2 Å². The summed E-state index contributed by atoms with van der Waals surface area (Å²) < 4.78 is 11.9. The van der Waals surface area contributed by atoms with Gasteiger partial charge in [0.05, 0.1) is 12.5 Å². The molecule has 1 aromatic heterocycles. The van der Waals surface area contributed by atoms with Crippen molar-refractivity contribution in [1.29, 1.82) is 0 Å². The molecule has 10 nitrogen and oxygen atoms in total. The average Bonchev–Trinajstić information content (AvgIpc) is 3.41. The molecule has 4 aromatic rings. The van der Waals surface area contributed by atoms with Crippen molar-refractivity contribution >= 4 is 17.7 Å². The summed E-state index contributed by atoms with van der Waals surface area (Å²) in [6.07, 6.45) is -0.429. The topological polar surface area (TPSA) is 139 Å². The second kappa shape index (κ2) is 12.4. The molecular weight excluding hydrogens is 510 g/mol. The quantitative estimate of drug-likeness (QED) is 0.234. The van der Waals surface area contributed by atoms with Gasteiger partial charge in [-0.1, -0.05) is 84.9 Å². The summed E-state index contributed by atoms with van der Waals surface area (Å²) in [5.74, 6) is -2.18. The molecule has 0 bridgehead atoms. The van der Waals surface area contributed by atoms with Gasteiger partial charge in [-0.05, 0) is 47.9 Å². The molecule has 2 atom stereocenters. The molecule has 0 aliphatic heterocycles. The molecule has 0 radical (unpaired) electrons. The van der Waals surface area contributed by atoms with Crippen molar-refractivity contribution in [3.63, 3.8) is 0 Å². The molecule has 0 saturated heterocycles. The molecule has 0 aliphatic carbocycles. The van der Waals surface area contributed by atoms with Crippen molar-refractivity contribution in [2.45, 2.75) is 51.5 Å². The van der Waals surface area contributed by atoms with Gasteiger partial charge in [-0.2, -0.15) is 0 Å². The van der Waals surface area contributed by atoms with E-state index < -0.39 is 41.8 Å². The van der Waals surface area contributed by atoms with Gasteiger partial charge in [0.15, 0.2) is 11.6 Å². The summed E-state index contributed by atoms with van der Waals surface area (Å²) in [4.78, 5) is 39.3. The van der Waals surface area contributed by atoms with Crippen molar-refractivity contribution in [1.82, 2.24) is 20.2 Å². The van der Waals surface area contributed by atoms with Crippen LogP contribution in [0.15, 0.2) is 84.9 Å². The first-order valence-corrected chi connectivity index (χ1v) is 12.8. The summed E-state index contributed by atoms with van der Waals surface area (Å²) in [5.41, 5.74) is 8.66. The molecular formula is C30H31N5O5. The number of ketones is 1. The minimum absolute atomic E-state index is 0.0754. The van der Waals surface area contributed by atoms with Crippen molar-refractivity contribution in [2.24, 2.45) is 5.73 Å². The number of benzene rings is 3. The fourth-order valence-electron chi connectivity index (χ4n) is 4.01. The van der Waals surface area contributed by atoms with Gasteiger partial charge in [0.25, 0.3) is 0 Å². The van der Waals surface area contributed by atoms with Gasteiger partial charge in [-0.15, -0.1) is 5.10 Å². The van der Waals surface area contributed by atoms with Gasteiger partial charge in [0.1, 0.15) is 12.2 Å². The maximum absolute atomic E-state index is 13.6. The Morgan fingerprint density at radius 3 is 2.05 bits per heavy atom. The summed E-state index contributed by atoms with van der Waals surface area (Å²) in [5, 5.41) is 11.7. The standard InChI is InChI=1S/C30H31N5O5/c1-30(2,3)40-25(36)18-24(31)27(37)26(29(38)39-19-20-10-6-4-7-11-20)35-28(32-33-34-35)23-16-14-22(15-17-23)21-12-8-5-9-13-21/h4-17,24,26H,18-19,31H2,1-3H3. The Morgan fingerprint density at radius 1 is 0.850 bits per heavy atom.